The van der Waals surface area contributed by atoms with Gasteiger partial charge in [0, 0.05) is 41.3 Å². The fourth-order valence-corrected chi connectivity index (χ4v) is 5.45. The Kier molecular flexibility index (Phi) is 7.98. The first kappa shape index (κ1) is 27.0. The summed E-state index contributed by atoms with van der Waals surface area (Å²) in [6, 6.07) is 25.0. The van der Waals surface area contributed by atoms with Crippen LogP contribution in [-0.4, -0.2) is 28.6 Å². The van der Waals surface area contributed by atoms with Gasteiger partial charge >= 0.3 is 0 Å². The van der Waals surface area contributed by atoms with Crippen molar-refractivity contribution in [2.24, 2.45) is 0 Å². The van der Waals surface area contributed by atoms with Crippen LogP contribution >= 0.6 is 23.2 Å². The Morgan fingerprint density at radius 3 is 2.71 bits per heavy atom. The summed E-state index contributed by atoms with van der Waals surface area (Å²) >= 11 is 12.3. The maximum absolute atomic E-state index is 13.3. The van der Waals surface area contributed by atoms with E-state index in [4.69, 9.17) is 42.4 Å². The molecule has 1 aliphatic heterocycles. The Morgan fingerprint density at radius 1 is 1.00 bits per heavy atom. The highest BCUT2D eigenvalue weighted by atomic mass is 35.5. The fraction of sp³-hybridized carbons (Fsp3) is 0.188. The van der Waals surface area contributed by atoms with E-state index >= 15 is 0 Å². The molecule has 1 amide bonds. The molecule has 0 radical (unpaired) electrons. The van der Waals surface area contributed by atoms with E-state index in [2.05, 4.69) is 5.32 Å². The van der Waals surface area contributed by atoms with E-state index in [1.807, 2.05) is 77.3 Å². The van der Waals surface area contributed by atoms with Crippen molar-refractivity contribution in [1.29, 1.82) is 0 Å². The van der Waals surface area contributed by atoms with Crippen LogP contribution in [0.3, 0.4) is 0 Å². The molecule has 6 rings (SSSR count). The van der Waals surface area contributed by atoms with Gasteiger partial charge in [0.15, 0.2) is 22.9 Å². The molecule has 0 saturated carbocycles. The fourth-order valence-electron chi connectivity index (χ4n) is 4.95. The summed E-state index contributed by atoms with van der Waals surface area (Å²) in [7, 11) is 0. The van der Waals surface area contributed by atoms with Crippen LogP contribution in [0.2, 0.25) is 10.0 Å². The third-order valence-corrected chi connectivity index (χ3v) is 7.63. The maximum Gasteiger partial charge on any atom is 0.231 e. The van der Waals surface area contributed by atoms with Crippen LogP contribution in [0.25, 0.3) is 5.65 Å². The summed E-state index contributed by atoms with van der Waals surface area (Å²) in [6.45, 7) is 1.04. The molecular formula is C32H27Cl2N3O4. The van der Waals surface area contributed by atoms with Gasteiger partial charge in [0.25, 0.3) is 0 Å². The second kappa shape index (κ2) is 12.1. The van der Waals surface area contributed by atoms with Crippen molar-refractivity contribution < 1.29 is 19.0 Å². The van der Waals surface area contributed by atoms with Crippen molar-refractivity contribution in [2.45, 2.75) is 25.4 Å². The number of halogens is 2. The first-order chi connectivity index (χ1) is 20.0. The van der Waals surface area contributed by atoms with Gasteiger partial charge < -0.3 is 23.9 Å². The number of fused-ring (bicyclic) bond motifs is 2. The number of benzene rings is 3. The smallest absolute Gasteiger partial charge is 0.231 e. The van der Waals surface area contributed by atoms with Gasteiger partial charge in [-0.15, -0.1) is 0 Å². The highest BCUT2D eigenvalue weighted by molar-refractivity contribution is 6.35. The van der Waals surface area contributed by atoms with E-state index in [0.29, 0.717) is 52.5 Å². The zero-order valence-electron chi connectivity index (χ0n) is 22.1. The minimum Gasteiger partial charge on any atom is -0.485 e. The van der Waals surface area contributed by atoms with Gasteiger partial charge in [0.2, 0.25) is 12.7 Å². The number of pyridine rings is 1. The number of imidazole rings is 1. The van der Waals surface area contributed by atoms with Crippen molar-refractivity contribution in [3.05, 3.63) is 124 Å². The van der Waals surface area contributed by atoms with Crippen LogP contribution in [0, 0.1) is 0 Å². The van der Waals surface area contributed by atoms with Crippen molar-refractivity contribution in [3.63, 3.8) is 0 Å². The van der Waals surface area contributed by atoms with Crippen molar-refractivity contribution in [3.8, 4) is 17.2 Å². The highest BCUT2D eigenvalue weighted by Crippen LogP contribution is 2.38. The molecule has 208 valence electrons. The zero-order valence-corrected chi connectivity index (χ0v) is 23.6. The normalized spacial score (nSPS) is 12.8. The molecule has 1 N–H and O–H groups in total. The van der Waals surface area contributed by atoms with Crippen molar-refractivity contribution in [2.75, 3.05) is 13.3 Å². The molecule has 3 heterocycles. The van der Waals surface area contributed by atoms with Gasteiger partial charge in [-0.2, -0.15) is 0 Å². The molecule has 2 aromatic heterocycles. The first-order valence-electron chi connectivity index (χ1n) is 13.3. The molecule has 7 nitrogen and oxygen atoms in total. The van der Waals surface area contributed by atoms with Crippen LogP contribution in [0.1, 0.15) is 34.7 Å². The van der Waals surface area contributed by atoms with Gasteiger partial charge in [-0.05, 0) is 59.5 Å². The number of aromatic nitrogens is 2. The van der Waals surface area contributed by atoms with E-state index in [1.54, 1.807) is 18.3 Å². The Labute approximate surface area is 247 Å². The molecule has 3 aromatic carbocycles. The summed E-state index contributed by atoms with van der Waals surface area (Å²) in [5, 5.41) is 4.21. The standard InChI is InChI=1S/C32H27Cl2N3O4/c33-24-10-8-22(26(34)16-24)12-13-35-31(38)17-25(23-9-11-28-30(15-23)41-20-40-28)27-18-36-32-29(7-4-14-37(27)32)39-19-21-5-2-1-3-6-21/h1-11,14-16,18,25H,12-13,17,19-20H2,(H,35,38). The average Bonchev–Trinajstić information content (AvgIpc) is 3.64. The molecule has 1 unspecified atom stereocenters. The number of carbonyl (C=O) groups excluding carboxylic acids is 1. The maximum atomic E-state index is 13.3. The second-order valence-electron chi connectivity index (χ2n) is 9.73. The summed E-state index contributed by atoms with van der Waals surface area (Å²) in [6.07, 6.45) is 4.54. The van der Waals surface area contributed by atoms with Gasteiger partial charge in [0.1, 0.15) is 6.61 Å². The number of carbonyl (C=O) groups is 1. The minimum atomic E-state index is -0.303. The highest BCUT2D eigenvalue weighted by Gasteiger charge is 2.25. The molecule has 5 aromatic rings. The van der Waals surface area contributed by atoms with Crippen LogP contribution in [0.5, 0.6) is 17.2 Å². The molecule has 0 fully saturated rings. The first-order valence-corrected chi connectivity index (χ1v) is 14.0. The van der Waals surface area contributed by atoms with E-state index < -0.39 is 0 Å². The van der Waals surface area contributed by atoms with Crippen LogP contribution in [0.15, 0.2) is 91.3 Å². The molecular weight excluding hydrogens is 561 g/mol. The van der Waals surface area contributed by atoms with E-state index in [9.17, 15) is 4.79 Å². The predicted octanol–water partition coefficient (Wildman–Crippen LogP) is 6.83. The lowest BCUT2D eigenvalue weighted by molar-refractivity contribution is -0.121. The molecule has 41 heavy (non-hydrogen) atoms. The summed E-state index contributed by atoms with van der Waals surface area (Å²) in [4.78, 5) is 18.0. The number of amides is 1. The molecule has 0 spiro atoms. The lowest BCUT2D eigenvalue weighted by Gasteiger charge is -2.18. The molecule has 9 heteroatoms. The van der Waals surface area contributed by atoms with Crippen LogP contribution in [-0.2, 0) is 17.8 Å². The Morgan fingerprint density at radius 2 is 1.85 bits per heavy atom. The third-order valence-electron chi connectivity index (χ3n) is 7.04. The molecule has 0 bridgehead atoms. The van der Waals surface area contributed by atoms with Crippen molar-refractivity contribution in [1.82, 2.24) is 14.7 Å². The number of hydrogen-bond donors (Lipinski definition) is 1. The molecule has 1 aliphatic rings. The number of rotatable bonds is 10. The number of nitrogens with zero attached hydrogens (tertiary/aromatic N) is 2. The summed E-state index contributed by atoms with van der Waals surface area (Å²) in [5.74, 6) is 1.61. The monoisotopic (exact) mass is 587 g/mol. The average molecular weight is 588 g/mol. The van der Waals surface area contributed by atoms with Gasteiger partial charge in [-0.3, -0.25) is 4.79 Å². The third kappa shape index (κ3) is 6.11. The molecule has 0 aliphatic carbocycles. The van der Waals surface area contributed by atoms with Gasteiger partial charge in [-0.25, -0.2) is 4.98 Å². The second-order valence-corrected chi connectivity index (χ2v) is 10.6. The molecule has 1 atom stereocenters. The lowest BCUT2D eigenvalue weighted by Crippen LogP contribution is -2.27. The lowest BCUT2D eigenvalue weighted by atomic mass is 9.92. The predicted molar refractivity (Wildman–Crippen MR) is 158 cm³/mol. The van der Waals surface area contributed by atoms with E-state index in [-0.39, 0.29) is 25.0 Å². The minimum absolute atomic E-state index is 0.0933. The number of nitrogens with one attached hydrogen (secondary N) is 1. The van der Waals surface area contributed by atoms with Crippen LogP contribution < -0.4 is 19.5 Å². The SMILES string of the molecule is O=C(CC(c1ccc2c(c1)OCO2)c1cnc2c(OCc3ccccc3)cccn12)NCCc1ccc(Cl)cc1Cl. The Hall–Kier alpha value is -4.20. The van der Waals surface area contributed by atoms with Gasteiger partial charge in [0.05, 0.1) is 5.69 Å². The number of hydrogen-bond acceptors (Lipinski definition) is 5. The number of ether oxygens (including phenoxy) is 3. The van der Waals surface area contributed by atoms with E-state index in [0.717, 1.165) is 22.4 Å². The van der Waals surface area contributed by atoms with Gasteiger partial charge in [-0.1, -0.05) is 65.7 Å². The molecule has 0 saturated heterocycles. The largest absolute Gasteiger partial charge is 0.485 e. The Balaban J connectivity index is 1.25. The summed E-state index contributed by atoms with van der Waals surface area (Å²) < 4.78 is 19.3. The quantitative estimate of drug-likeness (QED) is 0.194. The van der Waals surface area contributed by atoms with Crippen molar-refractivity contribution >= 4 is 34.8 Å². The topological polar surface area (TPSA) is 74.1 Å². The zero-order chi connectivity index (χ0) is 28.2. The van der Waals surface area contributed by atoms with E-state index in [1.165, 1.54) is 0 Å². The Bertz CT molecular complexity index is 1690. The van der Waals surface area contributed by atoms with Crippen LogP contribution in [0.4, 0.5) is 0 Å². The summed E-state index contributed by atoms with van der Waals surface area (Å²) in [5.41, 5.74) is 4.45.